The number of hydrogen-bond acceptors (Lipinski definition) is 11. The highest BCUT2D eigenvalue weighted by Crippen LogP contribution is 2.37. The molecule has 0 bridgehead atoms. The minimum absolute atomic E-state index is 0.0190. The summed E-state index contributed by atoms with van der Waals surface area (Å²) in [6.45, 7) is 4.41. The smallest absolute Gasteiger partial charge is 0.446 e. The third-order valence-electron chi connectivity index (χ3n) is 5.32. The highest BCUT2D eigenvalue weighted by molar-refractivity contribution is 5.72. The maximum Gasteiger partial charge on any atom is 0.509 e. The third-order valence-corrected chi connectivity index (χ3v) is 5.32. The van der Waals surface area contributed by atoms with Crippen molar-refractivity contribution >= 4 is 24.0 Å². The van der Waals surface area contributed by atoms with Crippen molar-refractivity contribution in [1.29, 1.82) is 0 Å². The molecule has 3 saturated heterocycles. The number of hydrogen-bond donors (Lipinski definition) is 1. The summed E-state index contributed by atoms with van der Waals surface area (Å²) in [6, 6.07) is 1.39. The Kier molecular flexibility index (Phi) is 6.17. The SMILES string of the molecule is CC(C)C(=O)ONc1ccn([C@@H]2OC(COC(=O)N3CCCC3)[C@H]3OC(=O)O[C@H]32)c(=O)n1. The molecule has 0 aliphatic carbocycles. The van der Waals surface area contributed by atoms with Crippen molar-refractivity contribution in [3.05, 3.63) is 22.7 Å². The zero-order valence-electron chi connectivity index (χ0n) is 17.6. The van der Waals surface area contributed by atoms with Gasteiger partial charge in [0, 0.05) is 25.4 Å². The zero-order valence-corrected chi connectivity index (χ0v) is 17.6. The number of amides is 1. The van der Waals surface area contributed by atoms with Gasteiger partial charge in [-0.1, -0.05) is 13.8 Å². The van der Waals surface area contributed by atoms with E-state index in [1.165, 1.54) is 12.3 Å². The van der Waals surface area contributed by atoms with Gasteiger partial charge in [-0.25, -0.2) is 24.7 Å². The first-order valence-corrected chi connectivity index (χ1v) is 10.3. The molecule has 1 aromatic heterocycles. The summed E-state index contributed by atoms with van der Waals surface area (Å²) < 4.78 is 22.6. The zero-order chi connectivity index (χ0) is 22.8. The third kappa shape index (κ3) is 4.47. The molecule has 4 heterocycles. The van der Waals surface area contributed by atoms with Crippen LogP contribution in [0.15, 0.2) is 17.1 Å². The van der Waals surface area contributed by atoms with Gasteiger partial charge < -0.3 is 28.7 Å². The first-order valence-electron chi connectivity index (χ1n) is 10.3. The number of carbonyl (C=O) groups is 3. The summed E-state index contributed by atoms with van der Waals surface area (Å²) in [7, 11) is 0. The summed E-state index contributed by atoms with van der Waals surface area (Å²) >= 11 is 0. The Morgan fingerprint density at radius 2 is 1.94 bits per heavy atom. The summed E-state index contributed by atoms with van der Waals surface area (Å²) in [6.07, 6.45) is -1.80. The van der Waals surface area contributed by atoms with E-state index in [2.05, 4.69) is 10.5 Å². The van der Waals surface area contributed by atoms with Crippen molar-refractivity contribution < 1.29 is 38.2 Å². The number of carbonyl (C=O) groups excluding carboxylic acids is 3. The number of rotatable bonds is 6. The summed E-state index contributed by atoms with van der Waals surface area (Å²) in [5.74, 6) is -0.856. The van der Waals surface area contributed by atoms with E-state index in [4.69, 9.17) is 23.8 Å². The number of ether oxygens (including phenoxy) is 4. The Balaban J connectivity index is 1.43. The van der Waals surface area contributed by atoms with E-state index in [0.717, 1.165) is 17.4 Å². The highest BCUT2D eigenvalue weighted by atomic mass is 16.8. The van der Waals surface area contributed by atoms with Gasteiger partial charge >= 0.3 is 23.9 Å². The molecule has 4 rings (SSSR count). The second-order valence-electron chi connectivity index (χ2n) is 7.93. The van der Waals surface area contributed by atoms with E-state index in [1.807, 2.05) is 0 Å². The fourth-order valence-electron chi connectivity index (χ4n) is 3.61. The lowest BCUT2D eigenvalue weighted by molar-refractivity contribution is -0.144. The van der Waals surface area contributed by atoms with Crippen LogP contribution in [0, 0.1) is 5.92 Å². The predicted molar refractivity (Wildman–Crippen MR) is 104 cm³/mol. The summed E-state index contributed by atoms with van der Waals surface area (Å²) in [5.41, 5.74) is 1.58. The van der Waals surface area contributed by atoms with Crippen LogP contribution < -0.4 is 11.2 Å². The largest absolute Gasteiger partial charge is 0.509 e. The average Bonchev–Trinajstić information content (AvgIpc) is 3.48. The van der Waals surface area contributed by atoms with Crippen LogP contribution in [-0.4, -0.2) is 70.7 Å². The Morgan fingerprint density at radius 1 is 1.22 bits per heavy atom. The topological polar surface area (TPSA) is 148 Å². The Morgan fingerprint density at radius 3 is 2.62 bits per heavy atom. The van der Waals surface area contributed by atoms with Crippen molar-refractivity contribution in [2.24, 2.45) is 5.92 Å². The quantitative estimate of drug-likeness (QED) is 0.371. The molecule has 174 valence electrons. The molecule has 3 fully saturated rings. The van der Waals surface area contributed by atoms with Crippen LogP contribution >= 0.6 is 0 Å². The van der Waals surface area contributed by atoms with Gasteiger partial charge in [0.2, 0.25) is 0 Å². The van der Waals surface area contributed by atoms with E-state index in [-0.39, 0.29) is 18.3 Å². The summed E-state index contributed by atoms with van der Waals surface area (Å²) in [4.78, 5) is 58.2. The molecule has 1 N–H and O–H groups in total. The van der Waals surface area contributed by atoms with Gasteiger partial charge in [-0.15, -0.1) is 0 Å². The normalized spacial score (nSPS) is 26.5. The molecule has 1 amide bonds. The summed E-state index contributed by atoms with van der Waals surface area (Å²) in [5, 5.41) is 0. The van der Waals surface area contributed by atoms with Crippen molar-refractivity contribution in [3.8, 4) is 0 Å². The molecular weight excluding hydrogens is 428 g/mol. The van der Waals surface area contributed by atoms with Crippen molar-refractivity contribution in [3.63, 3.8) is 0 Å². The lowest BCUT2D eigenvalue weighted by Gasteiger charge is -2.20. The minimum Gasteiger partial charge on any atom is -0.446 e. The van der Waals surface area contributed by atoms with Crippen LogP contribution in [0.1, 0.15) is 32.9 Å². The molecule has 13 heteroatoms. The van der Waals surface area contributed by atoms with Crippen LogP contribution in [0.25, 0.3) is 0 Å². The lowest BCUT2D eigenvalue weighted by Crippen LogP contribution is -2.36. The Hall–Kier alpha value is -3.35. The molecule has 1 aromatic rings. The Bertz CT molecular complexity index is 943. The second kappa shape index (κ2) is 9.02. The maximum atomic E-state index is 12.5. The Labute approximate surface area is 182 Å². The molecule has 0 saturated carbocycles. The number of nitrogens with one attached hydrogen (secondary N) is 1. The van der Waals surface area contributed by atoms with Gasteiger partial charge in [0.25, 0.3) is 0 Å². The number of fused-ring (bicyclic) bond motifs is 1. The molecule has 3 aliphatic heterocycles. The van der Waals surface area contributed by atoms with Crippen LogP contribution in [0.5, 0.6) is 0 Å². The monoisotopic (exact) mass is 452 g/mol. The number of likely N-dealkylation sites (tertiary alicyclic amines) is 1. The van der Waals surface area contributed by atoms with Crippen LogP contribution in [0.2, 0.25) is 0 Å². The predicted octanol–water partition coefficient (Wildman–Crippen LogP) is 0.803. The van der Waals surface area contributed by atoms with Gasteiger partial charge in [0.1, 0.15) is 12.7 Å². The maximum absolute atomic E-state index is 12.5. The van der Waals surface area contributed by atoms with Gasteiger partial charge in [-0.2, -0.15) is 4.98 Å². The minimum atomic E-state index is -1.03. The van der Waals surface area contributed by atoms with E-state index >= 15 is 0 Å². The molecule has 0 aromatic carbocycles. The molecule has 3 aliphatic rings. The molecule has 0 spiro atoms. The molecule has 32 heavy (non-hydrogen) atoms. The van der Waals surface area contributed by atoms with Gasteiger partial charge in [0.05, 0.1) is 5.92 Å². The van der Waals surface area contributed by atoms with Crippen LogP contribution in [-0.2, 0) is 28.6 Å². The molecule has 13 nitrogen and oxygen atoms in total. The number of aromatic nitrogens is 2. The molecule has 1 unspecified atom stereocenters. The van der Waals surface area contributed by atoms with Gasteiger partial charge in [0.15, 0.2) is 24.3 Å². The van der Waals surface area contributed by atoms with Gasteiger partial charge in [-0.05, 0) is 12.8 Å². The molecule has 0 radical (unpaired) electrons. The first kappa shape index (κ1) is 21.9. The standard InChI is InChI=1S/C19H24N4O9/c1-10(2)16(24)32-21-12-5-8-23(17(25)20-12)15-14-13(30-19(27)31-14)11(29-15)9-28-18(26)22-6-3-4-7-22/h5,8,10-11,13-15H,3-4,6-7,9H2,1-2H3,(H,20,21,25)/t11?,13-,14-,15-/m1/s1. The number of nitrogens with zero attached hydrogens (tertiary/aromatic N) is 3. The number of anilines is 1. The molecular formula is C19H24N4O9. The fraction of sp³-hybridized carbons (Fsp3) is 0.632. The van der Waals surface area contributed by atoms with Crippen LogP contribution in [0.3, 0.4) is 0 Å². The second-order valence-corrected chi connectivity index (χ2v) is 7.93. The van der Waals surface area contributed by atoms with E-state index in [0.29, 0.717) is 13.1 Å². The van der Waals surface area contributed by atoms with E-state index < -0.39 is 48.4 Å². The molecule has 4 atom stereocenters. The average molecular weight is 452 g/mol. The van der Waals surface area contributed by atoms with Crippen molar-refractivity contribution in [2.45, 2.75) is 51.2 Å². The van der Waals surface area contributed by atoms with E-state index in [1.54, 1.807) is 18.7 Å². The van der Waals surface area contributed by atoms with Gasteiger partial charge in [-0.3, -0.25) is 4.57 Å². The van der Waals surface area contributed by atoms with Crippen molar-refractivity contribution in [1.82, 2.24) is 14.5 Å². The van der Waals surface area contributed by atoms with E-state index in [9.17, 15) is 19.2 Å². The fourth-order valence-corrected chi connectivity index (χ4v) is 3.61. The lowest BCUT2D eigenvalue weighted by atomic mass is 10.1. The van der Waals surface area contributed by atoms with Crippen LogP contribution in [0.4, 0.5) is 15.4 Å². The highest BCUT2D eigenvalue weighted by Gasteiger charge is 2.55. The van der Waals surface area contributed by atoms with Crippen molar-refractivity contribution in [2.75, 3.05) is 25.2 Å². The first-order chi connectivity index (χ1) is 15.3.